The SMILES string of the molecule is CCC(CC)(CN)C(=O)NCc1scnc1C. The summed E-state index contributed by atoms with van der Waals surface area (Å²) in [5.41, 5.74) is 8.11. The normalized spacial score (nSPS) is 11.5. The Kier molecular flexibility index (Phi) is 5.08. The molecule has 5 heteroatoms. The molecule has 1 amide bonds. The van der Waals surface area contributed by atoms with Gasteiger partial charge >= 0.3 is 0 Å². The van der Waals surface area contributed by atoms with E-state index in [0.717, 1.165) is 23.4 Å². The lowest BCUT2D eigenvalue weighted by molar-refractivity contribution is -0.131. The van der Waals surface area contributed by atoms with E-state index >= 15 is 0 Å². The number of carbonyl (C=O) groups is 1. The first kappa shape index (κ1) is 14.1. The fourth-order valence-electron chi connectivity index (χ4n) is 1.80. The van der Waals surface area contributed by atoms with Crippen molar-refractivity contribution in [1.82, 2.24) is 10.3 Å². The second kappa shape index (κ2) is 6.12. The third-order valence-corrected chi connectivity index (χ3v) is 4.42. The highest BCUT2D eigenvalue weighted by Gasteiger charge is 2.33. The fraction of sp³-hybridized carbons (Fsp3) is 0.667. The van der Waals surface area contributed by atoms with Crippen LogP contribution in [0.25, 0.3) is 0 Å². The molecule has 0 spiro atoms. The number of thiazole rings is 1. The number of hydrogen-bond acceptors (Lipinski definition) is 4. The van der Waals surface area contributed by atoms with Crippen LogP contribution in [0.5, 0.6) is 0 Å². The maximum atomic E-state index is 12.2. The molecule has 3 N–H and O–H groups in total. The molecule has 0 atom stereocenters. The zero-order valence-corrected chi connectivity index (χ0v) is 11.6. The average molecular weight is 255 g/mol. The van der Waals surface area contributed by atoms with Crippen molar-refractivity contribution >= 4 is 17.2 Å². The average Bonchev–Trinajstić information content (AvgIpc) is 2.75. The van der Waals surface area contributed by atoms with Gasteiger partial charge in [0.15, 0.2) is 0 Å². The summed E-state index contributed by atoms with van der Waals surface area (Å²) < 4.78 is 0. The topological polar surface area (TPSA) is 68.0 Å². The highest BCUT2D eigenvalue weighted by atomic mass is 32.1. The third-order valence-electron chi connectivity index (χ3n) is 3.48. The quantitative estimate of drug-likeness (QED) is 0.815. The van der Waals surface area contributed by atoms with Crippen molar-refractivity contribution in [2.45, 2.75) is 40.2 Å². The number of nitrogens with two attached hydrogens (primary N) is 1. The van der Waals surface area contributed by atoms with Crippen molar-refractivity contribution in [3.8, 4) is 0 Å². The number of hydrogen-bond donors (Lipinski definition) is 2. The second-order valence-corrected chi connectivity index (χ2v) is 5.17. The van der Waals surface area contributed by atoms with Gasteiger partial charge in [-0.1, -0.05) is 13.8 Å². The van der Waals surface area contributed by atoms with E-state index in [1.54, 1.807) is 16.8 Å². The van der Waals surface area contributed by atoms with E-state index in [1.807, 2.05) is 20.8 Å². The highest BCUT2D eigenvalue weighted by molar-refractivity contribution is 7.09. The van der Waals surface area contributed by atoms with Gasteiger partial charge in [0.2, 0.25) is 5.91 Å². The summed E-state index contributed by atoms with van der Waals surface area (Å²) in [5.74, 6) is 0.0535. The molecule has 0 saturated carbocycles. The predicted molar refractivity (Wildman–Crippen MR) is 70.8 cm³/mol. The number of carbonyl (C=O) groups excluding carboxylic acids is 1. The van der Waals surface area contributed by atoms with Gasteiger partial charge in [-0.25, -0.2) is 4.98 Å². The Morgan fingerprint density at radius 1 is 1.53 bits per heavy atom. The van der Waals surface area contributed by atoms with Gasteiger partial charge in [-0.05, 0) is 19.8 Å². The Labute approximate surface area is 107 Å². The van der Waals surface area contributed by atoms with E-state index in [9.17, 15) is 4.79 Å². The largest absolute Gasteiger partial charge is 0.351 e. The van der Waals surface area contributed by atoms with Crippen molar-refractivity contribution in [3.63, 3.8) is 0 Å². The van der Waals surface area contributed by atoms with Crippen LogP contribution in [-0.4, -0.2) is 17.4 Å². The first-order valence-corrected chi connectivity index (χ1v) is 6.85. The molecule has 17 heavy (non-hydrogen) atoms. The van der Waals surface area contributed by atoms with Gasteiger partial charge in [-0.2, -0.15) is 0 Å². The standard InChI is InChI=1S/C12H21N3OS/c1-4-12(5-2,7-13)11(16)14-6-10-9(3)15-8-17-10/h8H,4-7,13H2,1-3H3,(H,14,16). The van der Waals surface area contributed by atoms with Crippen LogP contribution in [0.15, 0.2) is 5.51 Å². The van der Waals surface area contributed by atoms with Gasteiger partial charge in [0.05, 0.1) is 23.2 Å². The Morgan fingerprint density at radius 3 is 2.59 bits per heavy atom. The molecule has 0 unspecified atom stereocenters. The van der Waals surface area contributed by atoms with Crippen molar-refractivity contribution in [3.05, 3.63) is 16.1 Å². The Balaban J connectivity index is 2.63. The summed E-state index contributed by atoms with van der Waals surface area (Å²) in [7, 11) is 0. The monoisotopic (exact) mass is 255 g/mol. The molecular weight excluding hydrogens is 234 g/mol. The van der Waals surface area contributed by atoms with E-state index in [4.69, 9.17) is 5.73 Å². The van der Waals surface area contributed by atoms with Gasteiger partial charge in [-0.15, -0.1) is 11.3 Å². The number of aryl methyl sites for hydroxylation is 1. The maximum absolute atomic E-state index is 12.2. The molecule has 0 bridgehead atoms. The first-order chi connectivity index (χ1) is 8.09. The van der Waals surface area contributed by atoms with E-state index in [-0.39, 0.29) is 5.91 Å². The predicted octanol–water partition coefficient (Wildman–Crippen LogP) is 1.83. The molecule has 4 nitrogen and oxygen atoms in total. The lowest BCUT2D eigenvalue weighted by Gasteiger charge is -2.28. The molecule has 0 aliphatic carbocycles. The lowest BCUT2D eigenvalue weighted by Crippen LogP contribution is -2.44. The molecule has 1 aromatic rings. The molecule has 1 rings (SSSR count). The minimum Gasteiger partial charge on any atom is -0.351 e. The Hall–Kier alpha value is -0.940. The first-order valence-electron chi connectivity index (χ1n) is 5.97. The Bertz CT molecular complexity index is 363. The second-order valence-electron chi connectivity index (χ2n) is 4.24. The molecule has 0 radical (unpaired) electrons. The van der Waals surface area contributed by atoms with Crippen molar-refractivity contribution < 1.29 is 4.79 Å². The number of aromatic nitrogens is 1. The van der Waals surface area contributed by atoms with E-state index in [0.29, 0.717) is 13.1 Å². The minimum atomic E-state index is -0.418. The summed E-state index contributed by atoms with van der Waals surface area (Å²) in [6.07, 6.45) is 1.54. The van der Waals surface area contributed by atoms with Gasteiger partial charge in [0.25, 0.3) is 0 Å². The molecule has 0 aromatic carbocycles. The summed E-state index contributed by atoms with van der Waals surface area (Å²) in [6, 6.07) is 0. The molecule has 1 heterocycles. The van der Waals surface area contributed by atoms with E-state index in [2.05, 4.69) is 10.3 Å². The van der Waals surface area contributed by atoms with E-state index < -0.39 is 5.41 Å². The van der Waals surface area contributed by atoms with Crippen molar-refractivity contribution in [1.29, 1.82) is 0 Å². The van der Waals surface area contributed by atoms with Crippen LogP contribution in [0.1, 0.15) is 37.3 Å². The molecule has 0 fully saturated rings. The minimum absolute atomic E-state index is 0.0535. The molecule has 1 aromatic heterocycles. The van der Waals surface area contributed by atoms with Crippen LogP contribution >= 0.6 is 11.3 Å². The van der Waals surface area contributed by atoms with Crippen molar-refractivity contribution in [2.75, 3.05) is 6.54 Å². The summed E-state index contributed by atoms with van der Waals surface area (Å²) in [5, 5.41) is 2.97. The fourth-order valence-corrected chi connectivity index (χ4v) is 2.51. The molecule has 0 aliphatic heterocycles. The molecular formula is C12H21N3OS. The molecule has 0 saturated heterocycles. The van der Waals surface area contributed by atoms with Crippen LogP contribution in [0.2, 0.25) is 0 Å². The summed E-state index contributed by atoms with van der Waals surface area (Å²) in [6.45, 7) is 6.92. The highest BCUT2D eigenvalue weighted by Crippen LogP contribution is 2.25. The smallest absolute Gasteiger partial charge is 0.227 e. The summed E-state index contributed by atoms with van der Waals surface area (Å²) in [4.78, 5) is 17.4. The zero-order chi connectivity index (χ0) is 12.9. The van der Waals surface area contributed by atoms with Crippen LogP contribution in [-0.2, 0) is 11.3 Å². The Morgan fingerprint density at radius 2 is 2.18 bits per heavy atom. The van der Waals surface area contributed by atoms with Crippen molar-refractivity contribution in [2.24, 2.45) is 11.1 Å². The number of amides is 1. The molecule has 96 valence electrons. The van der Waals surface area contributed by atoms with Gasteiger partial charge in [-0.3, -0.25) is 4.79 Å². The number of nitrogens with one attached hydrogen (secondary N) is 1. The van der Waals surface area contributed by atoms with Crippen LogP contribution in [0, 0.1) is 12.3 Å². The van der Waals surface area contributed by atoms with Gasteiger partial charge in [0, 0.05) is 11.4 Å². The maximum Gasteiger partial charge on any atom is 0.227 e. The lowest BCUT2D eigenvalue weighted by atomic mass is 9.81. The van der Waals surface area contributed by atoms with Crippen LogP contribution in [0.3, 0.4) is 0 Å². The zero-order valence-electron chi connectivity index (χ0n) is 10.7. The third kappa shape index (κ3) is 3.04. The van der Waals surface area contributed by atoms with Gasteiger partial charge < -0.3 is 11.1 Å². The van der Waals surface area contributed by atoms with Gasteiger partial charge in [0.1, 0.15) is 0 Å². The van der Waals surface area contributed by atoms with Crippen LogP contribution < -0.4 is 11.1 Å². The molecule has 0 aliphatic rings. The number of rotatable bonds is 6. The number of nitrogens with zero attached hydrogens (tertiary/aromatic N) is 1. The van der Waals surface area contributed by atoms with E-state index in [1.165, 1.54) is 0 Å². The summed E-state index contributed by atoms with van der Waals surface area (Å²) >= 11 is 1.57. The van der Waals surface area contributed by atoms with Crippen LogP contribution in [0.4, 0.5) is 0 Å².